The van der Waals surface area contributed by atoms with Gasteiger partial charge in [0.05, 0.1) is 13.7 Å². The molecule has 0 saturated heterocycles. The summed E-state index contributed by atoms with van der Waals surface area (Å²) in [7, 11) is 1.55. The molecule has 0 amide bonds. The Kier molecular flexibility index (Phi) is 4.74. The first-order valence-corrected chi connectivity index (χ1v) is 6.59. The number of aromatic nitrogens is 2. The lowest BCUT2D eigenvalue weighted by atomic mass is 10.2. The molecule has 0 bridgehead atoms. The van der Waals surface area contributed by atoms with E-state index >= 15 is 0 Å². The molecule has 0 N–H and O–H groups in total. The normalized spacial score (nSPS) is 10.1. The molecule has 1 aromatic heterocycles. The molecule has 0 aliphatic rings. The van der Waals surface area contributed by atoms with Crippen molar-refractivity contribution in [2.24, 2.45) is 0 Å². The first-order valence-electron chi connectivity index (χ1n) is 5.52. The van der Waals surface area contributed by atoms with Gasteiger partial charge in [-0.3, -0.25) is 0 Å². The highest BCUT2D eigenvalue weighted by Gasteiger charge is 2.05. The number of hydrogen-bond acceptors (Lipinski definition) is 4. The van der Waals surface area contributed by atoms with Crippen LogP contribution in [0.2, 0.25) is 0 Å². The van der Waals surface area contributed by atoms with Crippen LogP contribution in [-0.4, -0.2) is 23.7 Å². The van der Waals surface area contributed by atoms with E-state index in [2.05, 4.69) is 56.8 Å². The number of rotatable bonds is 5. The van der Waals surface area contributed by atoms with E-state index < -0.39 is 0 Å². The third-order valence-electron chi connectivity index (χ3n) is 2.37. The van der Waals surface area contributed by atoms with Gasteiger partial charge in [-0.05, 0) is 40.3 Å². The van der Waals surface area contributed by atoms with Crippen LogP contribution in [0.3, 0.4) is 0 Å². The summed E-state index contributed by atoms with van der Waals surface area (Å²) >= 11 is 2.29. The molecule has 2 rings (SSSR count). The first-order chi connectivity index (χ1) is 8.79. The Morgan fingerprint density at radius 3 is 2.39 bits per heavy atom. The SMILES string of the molecule is COc1nccnc1OCCc1ccc(I)cc1. The largest absolute Gasteiger partial charge is 0.477 e. The Hall–Kier alpha value is -1.37. The predicted octanol–water partition coefficient (Wildman–Crippen LogP) is 2.71. The van der Waals surface area contributed by atoms with E-state index in [9.17, 15) is 0 Å². The maximum atomic E-state index is 5.56. The molecule has 0 fully saturated rings. The maximum Gasteiger partial charge on any atom is 0.278 e. The van der Waals surface area contributed by atoms with E-state index in [4.69, 9.17) is 9.47 Å². The lowest BCUT2D eigenvalue weighted by Gasteiger charge is -2.07. The highest BCUT2D eigenvalue weighted by atomic mass is 127. The average molecular weight is 356 g/mol. The van der Waals surface area contributed by atoms with E-state index in [1.165, 1.54) is 9.13 Å². The lowest BCUT2D eigenvalue weighted by Crippen LogP contribution is -2.04. The lowest BCUT2D eigenvalue weighted by molar-refractivity contribution is 0.279. The molecule has 5 heteroatoms. The van der Waals surface area contributed by atoms with Gasteiger partial charge in [0, 0.05) is 22.4 Å². The Labute approximate surface area is 120 Å². The quantitative estimate of drug-likeness (QED) is 0.773. The molecule has 0 aliphatic carbocycles. The van der Waals surface area contributed by atoms with Gasteiger partial charge in [0.15, 0.2) is 0 Å². The van der Waals surface area contributed by atoms with Crippen LogP contribution < -0.4 is 9.47 Å². The summed E-state index contributed by atoms with van der Waals surface area (Å²) in [6.45, 7) is 0.551. The Bertz CT molecular complexity index is 503. The third kappa shape index (κ3) is 3.56. The molecule has 1 aromatic carbocycles. The minimum Gasteiger partial charge on any atom is -0.477 e. The fourth-order valence-corrected chi connectivity index (χ4v) is 1.83. The molecule has 94 valence electrons. The van der Waals surface area contributed by atoms with Crippen LogP contribution in [0.1, 0.15) is 5.56 Å². The summed E-state index contributed by atoms with van der Waals surface area (Å²) in [5, 5.41) is 0. The molecular formula is C13H13IN2O2. The van der Waals surface area contributed by atoms with Gasteiger partial charge in [0.1, 0.15) is 0 Å². The number of nitrogens with zero attached hydrogens (tertiary/aromatic N) is 2. The van der Waals surface area contributed by atoms with Crippen molar-refractivity contribution in [2.45, 2.75) is 6.42 Å². The number of methoxy groups -OCH3 is 1. The van der Waals surface area contributed by atoms with Gasteiger partial charge in [-0.15, -0.1) is 0 Å². The minimum absolute atomic E-state index is 0.417. The monoisotopic (exact) mass is 356 g/mol. The first kappa shape index (κ1) is 13.1. The van der Waals surface area contributed by atoms with Crippen molar-refractivity contribution in [2.75, 3.05) is 13.7 Å². The van der Waals surface area contributed by atoms with Crippen molar-refractivity contribution in [3.63, 3.8) is 0 Å². The molecule has 2 aromatic rings. The van der Waals surface area contributed by atoms with Crippen LogP contribution in [0, 0.1) is 3.57 Å². The summed E-state index contributed by atoms with van der Waals surface area (Å²) in [6.07, 6.45) is 3.99. The van der Waals surface area contributed by atoms with E-state index in [0.717, 1.165) is 6.42 Å². The van der Waals surface area contributed by atoms with E-state index in [0.29, 0.717) is 18.4 Å². The van der Waals surface area contributed by atoms with Crippen LogP contribution in [0.4, 0.5) is 0 Å². The van der Waals surface area contributed by atoms with Crippen LogP contribution in [0.15, 0.2) is 36.7 Å². The molecule has 0 atom stereocenters. The fraction of sp³-hybridized carbons (Fsp3) is 0.231. The smallest absolute Gasteiger partial charge is 0.278 e. The zero-order valence-corrected chi connectivity index (χ0v) is 12.1. The molecule has 0 spiro atoms. The summed E-state index contributed by atoms with van der Waals surface area (Å²) in [6, 6.07) is 8.36. The fourth-order valence-electron chi connectivity index (χ4n) is 1.47. The highest BCUT2D eigenvalue weighted by Crippen LogP contribution is 2.19. The molecular weight excluding hydrogens is 343 g/mol. The molecule has 18 heavy (non-hydrogen) atoms. The van der Waals surface area contributed by atoms with E-state index in [1.54, 1.807) is 19.5 Å². The molecule has 0 aliphatic heterocycles. The van der Waals surface area contributed by atoms with Crippen LogP contribution in [0.5, 0.6) is 11.8 Å². The summed E-state index contributed by atoms with van der Waals surface area (Å²) in [5.41, 5.74) is 1.23. The van der Waals surface area contributed by atoms with Gasteiger partial charge in [-0.2, -0.15) is 0 Å². The zero-order chi connectivity index (χ0) is 12.8. The standard InChI is InChI=1S/C13H13IN2O2/c1-17-12-13(16-8-7-15-12)18-9-6-10-2-4-11(14)5-3-10/h2-5,7-8H,6,9H2,1H3. The van der Waals surface area contributed by atoms with Gasteiger partial charge in [-0.1, -0.05) is 12.1 Å². The van der Waals surface area contributed by atoms with Crippen molar-refractivity contribution < 1.29 is 9.47 Å². The highest BCUT2D eigenvalue weighted by molar-refractivity contribution is 14.1. The number of ether oxygens (including phenoxy) is 2. The minimum atomic E-state index is 0.417. The van der Waals surface area contributed by atoms with Crippen LogP contribution in [0.25, 0.3) is 0 Å². The second-order valence-electron chi connectivity index (χ2n) is 3.60. The number of benzene rings is 1. The van der Waals surface area contributed by atoms with Gasteiger partial charge in [0.2, 0.25) is 0 Å². The van der Waals surface area contributed by atoms with Gasteiger partial charge in [0.25, 0.3) is 11.8 Å². The van der Waals surface area contributed by atoms with E-state index in [1.807, 2.05) is 0 Å². The number of halogens is 1. The van der Waals surface area contributed by atoms with Gasteiger partial charge < -0.3 is 9.47 Å². The maximum absolute atomic E-state index is 5.56. The van der Waals surface area contributed by atoms with Crippen LogP contribution in [-0.2, 0) is 6.42 Å². The topological polar surface area (TPSA) is 44.2 Å². The van der Waals surface area contributed by atoms with Crippen molar-refractivity contribution >= 4 is 22.6 Å². The predicted molar refractivity (Wildman–Crippen MR) is 76.9 cm³/mol. The molecule has 1 heterocycles. The summed E-state index contributed by atoms with van der Waals surface area (Å²) in [5.74, 6) is 0.852. The number of hydrogen-bond donors (Lipinski definition) is 0. The van der Waals surface area contributed by atoms with Crippen molar-refractivity contribution in [1.82, 2.24) is 9.97 Å². The Morgan fingerprint density at radius 1 is 1.06 bits per heavy atom. The molecule has 0 unspecified atom stereocenters. The summed E-state index contributed by atoms with van der Waals surface area (Å²) < 4.78 is 11.9. The van der Waals surface area contributed by atoms with Crippen molar-refractivity contribution in [3.8, 4) is 11.8 Å². The second kappa shape index (κ2) is 6.53. The molecule has 4 nitrogen and oxygen atoms in total. The third-order valence-corrected chi connectivity index (χ3v) is 3.09. The Balaban J connectivity index is 1.90. The van der Waals surface area contributed by atoms with E-state index in [-0.39, 0.29) is 0 Å². The van der Waals surface area contributed by atoms with Crippen LogP contribution >= 0.6 is 22.6 Å². The van der Waals surface area contributed by atoms with Crippen molar-refractivity contribution in [3.05, 3.63) is 45.8 Å². The average Bonchev–Trinajstić information content (AvgIpc) is 2.41. The van der Waals surface area contributed by atoms with Gasteiger partial charge >= 0.3 is 0 Å². The summed E-state index contributed by atoms with van der Waals surface area (Å²) in [4.78, 5) is 8.11. The Morgan fingerprint density at radius 2 is 1.72 bits per heavy atom. The molecule has 0 saturated carbocycles. The zero-order valence-electron chi connectivity index (χ0n) is 9.97. The molecule has 0 radical (unpaired) electrons. The van der Waals surface area contributed by atoms with Gasteiger partial charge in [-0.25, -0.2) is 9.97 Å². The second-order valence-corrected chi connectivity index (χ2v) is 4.84. The van der Waals surface area contributed by atoms with Crippen molar-refractivity contribution in [1.29, 1.82) is 0 Å².